The molecule has 3 nitrogen and oxygen atoms in total. The molecule has 11 rings (SSSR count). The zero-order chi connectivity index (χ0) is 32.1. The van der Waals surface area contributed by atoms with Gasteiger partial charge in [-0.2, -0.15) is 0 Å². The van der Waals surface area contributed by atoms with Gasteiger partial charge in [0, 0.05) is 63.2 Å². The topological polar surface area (TPSA) is 30.7 Å². The fourth-order valence-electron chi connectivity index (χ4n) is 7.68. The molecule has 11 aromatic rings. The third-order valence-electron chi connectivity index (χ3n) is 9.78. The van der Waals surface area contributed by atoms with Gasteiger partial charge in [0.2, 0.25) is 0 Å². The standard InChI is InChI=1S/C44H25N3S2/c1-2-13-26(14-3-1)44-45-39(43-40(46-44)33-21-8-11-24-36(33)49-43)27-15-12-16-28(25-27)47-34-22-9-6-19-31(34)37-29-17-4-5-18-30(29)42-38(41(37)47)32-20-7-10-23-35(32)48-42/h1-25H. The molecule has 4 heterocycles. The van der Waals surface area contributed by atoms with E-state index in [4.69, 9.17) is 9.97 Å². The van der Waals surface area contributed by atoms with Gasteiger partial charge in [-0.1, -0.05) is 121 Å². The van der Waals surface area contributed by atoms with Gasteiger partial charge in [0.25, 0.3) is 0 Å². The van der Waals surface area contributed by atoms with Crippen LogP contribution in [-0.4, -0.2) is 14.5 Å². The Morgan fingerprint density at radius 2 is 1.08 bits per heavy atom. The van der Waals surface area contributed by atoms with Crippen molar-refractivity contribution in [1.82, 2.24) is 14.5 Å². The summed E-state index contributed by atoms with van der Waals surface area (Å²) >= 11 is 3.66. The fraction of sp³-hybridized carbons (Fsp3) is 0. The summed E-state index contributed by atoms with van der Waals surface area (Å²) in [5, 5.41) is 8.94. The Balaban J connectivity index is 1.26. The zero-order valence-electron chi connectivity index (χ0n) is 26.1. The van der Waals surface area contributed by atoms with Crippen LogP contribution in [0.5, 0.6) is 0 Å². The van der Waals surface area contributed by atoms with Gasteiger partial charge in [0.1, 0.15) is 0 Å². The Bertz CT molecular complexity index is 3110. The highest BCUT2D eigenvalue weighted by Crippen LogP contribution is 2.48. The highest BCUT2D eigenvalue weighted by atomic mass is 32.1. The first-order valence-electron chi connectivity index (χ1n) is 16.4. The van der Waals surface area contributed by atoms with Gasteiger partial charge in [-0.25, -0.2) is 9.97 Å². The van der Waals surface area contributed by atoms with E-state index in [1.54, 1.807) is 11.3 Å². The highest BCUT2D eigenvalue weighted by molar-refractivity contribution is 7.27. The molecular formula is C44H25N3S2. The number of aromatic nitrogens is 3. The molecule has 0 aliphatic carbocycles. The van der Waals surface area contributed by atoms with Crippen LogP contribution in [0.2, 0.25) is 0 Å². The fourth-order valence-corrected chi connectivity index (χ4v) is 10.1. The number of para-hydroxylation sites is 1. The lowest BCUT2D eigenvalue weighted by molar-refractivity contribution is 1.18. The molecular weight excluding hydrogens is 635 g/mol. The molecule has 228 valence electrons. The lowest BCUT2D eigenvalue weighted by Crippen LogP contribution is -1.97. The molecule has 5 heteroatoms. The van der Waals surface area contributed by atoms with E-state index in [9.17, 15) is 0 Å². The molecule has 4 aromatic heterocycles. The van der Waals surface area contributed by atoms with Crippen LogP contribution in [0.4, 0.5) is 0 Å². The van der Waals surface area contributed by atoms with Crippen LogP contribution in [0.25, 0.3) is 101 Å². The summed E-state index contributed by atoms with van der Waals surface area (Å²) in [5.41, 5.74) is 7.62. The molecule has 0 amide bonds. The van der Waals surface area contributed by atoms with Crippen LogP contribution >= 0.6 is 22.7 Å². The van der Waals surface area contributed by atoms with Crippen LogP contribution in [0.15, 0.2) is 152 Å². The van der Waals surface area contributed by atoms with Gasteiger partial charge >= 0.3 is 0 Å². The highest BCUT2D eigenvalue weighted by Gasteiger charge is 2.23. The number of thiophene rings is 2. The van der Waals surface area contributed by atoms with E-state index >= 15 is 0 Å². The number of hydrogen-bond donors (Lipinski definition) is 0. The second-order valence-electron chi connectivity index (χ2n) is 12.5. The Kier molecular flexibility index (Phi) is 5.70. The monoisotopic (exact) mass is 659 g/mol. The number of rotatable bonds is 3. The summed E-state index contributed by atoms with van der Waals surface area (Å²) in [6, 6.07) is 54.5. The molecule has 0 fully saturated rings. The molecule has 0 aliphatic rings. The van der Waals surface area contributed by atoms with Crippen molar-refractivity contribution in [3.05, 3.63) is 152 Å². The number of benzene rings is 7. The number of fused-ring (bicyclic) bond motifs is 13. The van der Waals surface area contributed by atoms with E-state index in [1.807, 2.05) is 17.4 Å². The van der Waals surface area contributed by atoms with Crippen molar-refractivity contribution in [2.45, 2.75) is 0 Å². The number of hydrogen-bond acceptors (Lipinski definition) is 4. The van der Waals surface area contributed by atoms with Crippen molar-refractivity contribution < 1.29 is 0 Å². The molecule has 0 spiro atoms. The molecule has 0 saturated heterocycles. The van der Waals surface area contributed by atoms with Gasteiger partial charge in [-0.3, -0.25) is 0 Å². The summed E-state index contributed by atoms with van der Waals surface area (Å²) in [6.07, 6.45) is 0. The summed E-state index contributed by atoms with van der Waals surface area (Å²) in [6.45, 7) is 0. The third-order valence-corrected chi connectivity index (χ3v) is 12.1. The Morgan fingerprint density at radius 3 is 1.92 bits per heavy atom. The quantitative estimate of drug-likeness (QED) is 0.189. The van der Waals surface area contributed by atoms with Gasteiger partial charge in [-0.15, -0.1) is 22.7 Å². The minimum Gasteiger partial charge on any atom is -0.309 e. The Hall–Kier alpha value is -5.88. The molecule has 0 bridgehead atoms. The molecule has 0 saturated carbocycles. The molecule has 49 heavy (non-hydrogen) atoms. The van der Waals surface area contributed by atoms with E-state index in [0.717, 1.165) is 38.5 Å². The predicted octanol–water partition coefficient (Wildman–Crippen LogP) is 12.8. The van der Waals surface area contributed by atoms with Crippen molar-refractivity contribution >= 4 is 95.7 Å². The van der Waals surface area contributed by atoms with Crippen molar-refractivity contribution in [3.8, 4) is 28.3 Å². The lowest BCUT2D eigenvalue weighted by Gasteiger charge is -2.13. The molecule has 0 radical (unpaired) electrons. The molecule has 0 N–H and O–H groups in total. The summed E-state index contributed by atoms with van der Waals surface area (Å²) < 4.78 is 7.46. The van der Waals surface area contributed by atoms with Gasteiger partial charge in [0.15, 0.2) is 5.82 Å². The predicted molar refractivity (Wildman–Crippen MR) is 211 cm³/mol. The van der Waals surface area contributed by atoms with Crippen LogP contribution in [-0.2, 0) is 0 Å². The third kappa shape index (κ3) is 3.88. The molecule has 0 aliphatic heterocycles. The smallest absolute Gasteiger partial charge is 0.160 e. The minimum absolute atomic E-state index is 0.742. The van der Waals surface area contributed by atoms with E-state index in [-0.39, 0.29) is 0 Å². The van der Waals surface area contributed by atoms with Gasteiger partial charge < -0.3 is 4.57 Å². The van der Waals surface area contributed by atoms with Crippen molar-refractivity contribution in [3.63, 3.8) is 0 Å². The minimum atomic E-state index is 0.742. The van der Waals surface area contributed by atoms with Gasteiger partial charge in [-0.05, 0) is 35.7 Å². The van der Waals surface area contributed by atoms with E-state index in [0.29, 0.717) is 0 Å². The first kappa shape index (κ1) is 27.1. The second kappa shape index (κ2) is 10.3. The second-order valence-corrected chi connectivity index (χ2v) is 14.6. The van der Waals surface area contributed by atoms with E-state index < -0.39 is 0 Å². The maximum Gasteiger partial charge on any atom is 0.160 e. The summed E-state index contributed by atoms with van der Waals surface area (Å²) in [5.74, 6) is 0.742. The Morgan fingerprint density at radius 1 is 0.449 bits per heavy atom. The first-order valence-corrected chi connectivity index (χ1v) is 18.1. The van der Waals surface area contributed by atoms with Crippen molar-refractivity contribution in [2.24, 2.45) is 0 Å². The zero-order valence-corrected chi connectivity index (χ0v) is 27.7. The normalized spacial score (nSPS) is 12.1. The first-order chi connectivity index (χ1) is 24.3. The SMILES string of the molecule is c1ccc(-c2nc(-c3cccc(-n4c5ccccc5c5c6ccccc6c6sc7ccccc7c6c54)c3)c3sc4ccccc4c3n2)cc1. The van der Waals surface area contributed by atoms with Crippen LogP contribution in [0.1, 0.15) is 0 Å². The molecule has 0 unspecified atom stereocenters. The maximum absolute atomic E-state index is 5.30. The van der Waals surface area contributed by atoms with Crippen LogP contribution in [0, 0.1) is 0 Å². The number of nitrogens with zero attached hydrogens (tertiary/aromatic N) is 3. The van der Waals surface area contributed by atoms with Crippen molar-refractivity contribution in [1.29, 1.82) is 0 Å². The summed E-state index contributed by atoms with van der Waals surface area (Å²) in [7, 11) is 0. The van der Waals surface area contributed by atoms with Crippen LogP contribution < -0.4 is 0 Å². The van der Waals surface area contributed by atoms with Crippen LogP contribution in [0.3, 0.4) is 0 Å². The van der Waals surface area contributed by atoms with Crippen molar-refractivity contribution in [2.75, 3.05) is 0 Å². The lowest BCUT2D eigenvalue weighted by atomic mass is 10.00. The molecule has 0 atom stereocenters. The largest absolute Gasteiger partial charge is 0.309 e. The van der Waals surface area contributed by atoms with Gasteiger partial charge in [0.05, 0.1) is 26.9 Å². The van der Waals surface area contributed by atoms with E-state index in [1.165, 1.54) is 62.8 Å². The van der Waals surface area contributed by atoms with E-state index in [2.05, 4.69) is 150 Å². The summed E-state index contributed by atoms with van der Waals surface area (Å²) in [4.78, 5) is 10.5. The average Bonchev–Trinajstić information content (AvgIpc) is 3.85. The maximum atomic E-state index is 5.30. The molecule has 7 aromatic carbocycles. The average molecular weight is 660 g/mol. The Labute approximate surface area is 289 Å².